The Labute approximate surface area is 184 Å². The number of aliphatic hydroxyl groups is 1. The molecular weight excluding hydrogens is 410 g/mol. The Balaban J connectivity index is 1.50. The van der Waals surface area contributed by atoms with E-state index in [-0.39, 0.29) is 29.3 Å². The predicted molar refractivity (Wildman–Crippen MR) is 119 cm³/mol. The van der Waals surface area contributed by atoms with E-state index in [1.54, 1.807) is 13.8 Å². The van der Waals surface area contributed by atoms with Crippen molar-refractivity contribution in [3.8, 4) is 0 Å². The van der Waals surface area contributed by atoms with Crippen molar-refractivity contribution in [2.75, 3.05) is 20.3 Å². The summed E-state index contributed by atoms with van der Waals surface area (Å²) in [6.45, 7) is 7.28. The molecule has 7 nitrogen and oxygen atoms in total. The number of hydrogen-bond acceptors (Lipinski definition) is 7. The Kier molecular flexibility index (Phi) is 8.14. The molecule has 0 aromatic carbocycles. The predicted octanol–water partition coefficient (Wildman–Crippen LogP) is 1.42. The van der Waals surface area contributed by atoms with Crippen molar-refractivity contribution in [3.63, 3.8) is 0 Å². The SMILES string of the molecule is C[C@H](SC1NNCN1C)C1CCCC(NC(=O)C2CC(C(C)(C)O)C(Cl)CN2)C1. The molecule has 7 atom stereocenters. The van der Waals surface area contributed by atoms with Crippen LogP contribution in [0.5, 0.6) is 0 Å². The summed E-state index contributed by atoms with van der Waals surface area (Å²) in [7, 11) is 2.12. The van der Waals surface area contributed by atoms with E-state index >= 15 is 0 Å². The van der Waals surface area contributed by atoms with Crippen LogP contribution in [0.25, 0.3) is 0 Å². The van der Waals surface area contributed by atoms with Gasteiger partial charge in [0, 0.05) is 23.8 Å². The molecule has 2 aliphatic heterocycles. The largest absolute Gasteiger partial charge is 0.390 e. The van der Waals surface area contributed by atoms with Crippen molar-refractivity contribution in [2.45, 2.75) is 86.7 Å². The number of carbonyl (C=O) groups excluding carboxylic acids is 1. The van der Waals surface area contributed by atoms with E-state index in [4.69, 9.17) is 11.6 Å². The van der Waals surface area contributed by atoms with Gasteiger partial charge in [0.1, 0.15) is 5.50 Å². The van der Waals surface area contributed by atoms with Crippen LogP contribution in [0.3, 0.4) is 0 Å². The highest BCUT2D eigenvalue weighted by atomic mass is 35.5. The van der Waals surface area contributed by atoms with Crippen molar-refractivity contribution in [1.82, 2.24) is 26.4 Å². The minimum atomic E-state index is -0.883. The summed E-state index contributed by atoms with van der Waals surface area (Å²) in [6, 6.07) is -0.0520. The highest BCUT2D eigenvalue weighted by molar-refractivity contribution is 8.00. The molecule has 2 saturated heterocycles. The third-order valence-corrected chi connectivity index (χ3v) is 8.74. The number of nitrogens with one attached hydrogen (secondary N) is 4. The lowest BCUT2D eigenvalue weighted by Crippen LogP contribution is -2.57. The van der Waals surface area contributed by atoms with Gasteiger partial charge in [-0.2, -0.15) is 0 Å². The first-order valence-corrected chi connectivity index (χ1v) is 12.3. The highest BCUT2D eigenvalue weighted by Crippen LogP contribution is 2.35. The van der Waals surface area contributed by atoms with Crippen LogP contribution in [0.15, 0.2) is 0 Å². The van der Waals surface area contributed by atoms with Crippen molar-refractivity contribution in [2.24, 2.45) is 11.8 Å². The zero-order valence-corrected chi connectivity index (χ0v) is 19.7. The molecule has 0 radical (unpaired) electrons. The molecule has 0 spiro atoms. The molecule has 1 amide bonds. The average Bonchev–Trinajstić information content (AvgIpc) is 3.06. The van der Waals surface area contributed by atoms with Crippen LogP contribution in [0.2, 0.25) is 0 Å². The van der Waals surface area contributed by atoms with Crippen LogP contribution < -0.4 is 21.5 Å². The lowest BCUT2D eigenvalue weighted by Gasteiger charge is -2.40. The van der Waals surface area contributed by atoms with Gasteiger partial charge < -0.3 is 15.7 Å². The minimum Gasteiger partial charge on any atom is -0.390 e. The molecule has 3 fully saturated rings. The summed E-state index contributed by atoms with van der Waals surface area (Å²) < 4.78 is 0. The molecule has 168 valence electrons. The zero-order chi connectivity index (χ0) is 21.2. The molecule has 5 N–H and O–H groups in total. The Hall–Kier alpha value is -0.0900. The Morgan fingerprint density at radius 1 is 1.34 bits per heavy atom. The average molecular weight is 448 g/mol. The van der Waals surface area contributed by atoms with Crippen LogP contribution in [-0.2, 0) is 4.79 Å². The monoisotopic (exact) mass is 447 g/mol. The lowest BCUT2D eigenvalue weighted by molar-refractivity contribution is -0.126. The van der Waals surface area contributed by atoms with Crippen LogP contribution >= 0.6 is 23.4 Å². The first-order chi connectivity index (χ1) is 13.6. The molecule has 0 aromatic heterocycles. The number of amides is 1. The quantitative estimate of drug-likeness (QED) is 0.393. The number of nitrogens with zero attached hydrogens (tertiary/aromatic N) is 1. The van der Waals surface area contributed by atoms with Gasteiger partial charge in [0.15, 0.2) is 0 Å². The fourth-order valence-electron chi connectivity index (χ4n) is 4.80. The van der Waals surface area contributed by atoms with Crippen LogP contribution in [-0.4, -0.2) is 70.0 Å². The summed E-state index contributed by atoms with van der Waals surface area (Å²) in [5.74, 6) is 0.557. The lowest BCUT2D eigenvalue weighted by atomic mass is 9.80. The molecule has 9 heteroatoms. The summed E-state index contributed by atoms with van der Waals surface area (Å²) in [6.07, 6.45) is 5.02. The molecule has 0 bridgehead atoms. The third kappa shape index (κ3) is 6.21. The maximum atomic E-state index is 12.9. The van der Waals surface area contributed by atoms with E-state index < -0.39 is 5.60 Å². The maximum Gasteiger partial charge on any atom is 0.237 e. The summed E-state index contributed by atoms with van der Waals surface area (Å²) in [5.41, 5.74) is 5.91. The minimum absolute atomic E-state index is 0.0511. The van der Waals surface area contributed by atoms with Gasteiger partial charge in [-0.1, -0.05) is 13.3 Å². The van der Waals surface area contributed by atoms with Gasteiger partial charge in [-0.15, -0.1) is 23.4 Å². The molecular formula is C20H38ClN5O2S. The van der Waals surface area contributed by atoms with Crippen molar-refractivity contribution in [1.29, 1.82) is 0 Å². The Morgan fingerprint density at radius 3 is 2.76 bits per heavy atom. The van der Waals surface area contributed by atoms with E-state index in [0.29, 0.717) is 29.6 Å². The smallest absolute Gasteiger partial charge is 0.237 e. The number of piperidine rings is 1. The zero-order valence-electron chi connectivity index (χ0n) is 18.1. The molecule has 3 aliphatic rings. The van der Waals surface area contributed by atoms with Crippen molar-refractivity contribution in [3.05, 3.63) is 0 Å². The topological polar surface area (TPSA) is 88.7 Å². The Morgan fingerprint density at radius 2 is 2.10 bits per heavy atom. The molecule has 6 unspecified atom stereocenters. The molecule has 29 heavy (non-hydrogen) atoms. The van der Waals surface area contributed by atoms with Crippen LogP contribution in [0.1, 0.15) is 52.9 Å². The summed E-state index contributed by atoms with van der Waals surface area (Å²) in [5, 5.41) is 17.3. The second kappa shape index (κ2) is 10.0. The van der Waals surface area contributed by atoms with Crippen LogP contribution in [0.4, 0.5) is 0 Å². The summed E-state index contributed by atoms with van der Waals surface area (Å²) >= 11 is 8.35. The van der Waals surface area contributed by atoms with E-state index in [2.05, 4.69) is 40.4 Å². The highest BCUT2D eigenvalue weighted by Gasteiger charge is 2.41. The number of thioether (sulfide) groups is 1. The fraction of sp³-hybridized carbons (Fsp3) is 0.950. The Bertz CT molecular complexity index is 563. The third-order valence-electron chi connectivity index (χ3n) is 6.73. The van der Waals surface area contributed by atoms with E-state index in [1.165, 1.54) is 6.42 Å². The number of alkyl halides is 1. The van der Waals surface area contributed by atoms with Crippen molar-refractivity contribution >= 4 is 29.3 Å². The van der Waals surface area contributed by atoms with Gasteiger partial charge in [-0.05, 0) is 52.5 Å². The standard InChI is InChI=1S/C20H38ClN5O2S/c1-12(29-19-25-23-11-26(19)4)13-6-5-7-14(8-13)24-18(27)17-9-15(20(2,3)28)16(21)10-22-17/h12-17,19,22-23,25,28H,5-11H2,1-4H3,(H,24,27)/t12-,13?,14?,15?,16?,17?,19?/m0/s1. The molecule has 1 saturated carbocycles. The molecule has 1 aliphatic carbocycles. The second-order valence-corrected chi connectivity index (χ2v) is 11.6. The first-order valence-electron chi connectivity index (χ1n) is 10.9. The van der Waals surface area contributed by atoms with E-state index in [1.807, 2.05) is 11.8 Å². The second-order valence-electron chi connectivity index (χ2n) is 9.53. The number of carbonyl (C=O) groups is 1. The van der Waals surface area contributed by atoms with Gasteiger partial charge in [0.05, 0.1) is 23.7 Å². The molecule has 2 heterocycles. The number of rotatable bonds is 6. The molecule has 0 aromatic rings. The van der Waals surface area contributed by atoms with Gasteiger partial charge in [0.2, 0.25) is 5.91 Å². The normalized spacial score (nSPS) is 38.0. The van der Waals surface area contributed by atoms with Crippen LogP contribution in [0, 0.1) is 11.8 Å². The van der Waals surface area contributed by atoms with E-state index in [0.717, 1.165) is 25.9 Å². The van der Waals surface area contributed by atoms with Gasteiger partial charge >= 0.3 is 0 Å². The van der Waals surface area contributed by atoms with E-state index in [9.17, 15) is 9.90 Å². The number of hydrogen-bond donors (Lipinski definition) is 5. The van der Waals surface area contributed by atoms with Gasteiger partial charge in [0.25, 0.3) is 0 Å². The number of hydrazine groups is 1. The first kappa shape index (κ1) is 23.6. The maximum absolute atomic E-state index is 12.9. The summed E-state index contributed by atoms with van der Waals surface area (Å²) in [4.78, 5) is 15.2. The number of halogens is 1. The van der Waals surface area contributed by atoms with Gasteiger partial charge in [-0.25, -0.2) is 10.9 Å². The van der Waals surface area contributed by atoms with Crippen molar-refractivity contribution < 1.29 is 9.90 Å². The molecule has 3 rings (SSSR count). The van der Waals surface area contributed by atoms with Gasteiger partial charge in [-0.3, -0.25) is 9.69 Å². The fourth-order valence-corrected chi connectivity index (χ4v) is 6.61.